The molecule has 0 spiro atoms. The van der Waals surface area contributed by atoms with Crippen molar-refractivity contribution in [2.75, 3.05) is 5.73 Å². The summed E-state index contributed by atoms with van der Waals surface area (Å²) in [6, 6.07) is 10.8. The van der Waals surface area contributed by atoms with Crippen molar-refractivity contribution in [2.24, 2.45) is 0 Å². The van der Waals surface area contributed by atoms with Crippen molar-refractivity contribution < 1.29 is 4.74 Å². The molecule has 2 aromatic rings. The van der Waals surface area contributed by atoms with Crippen LogP contribution in [0.4, 0.5) is 5.82 Å². The molecule has 0 saturated heterocycles. The summed E-state index contributed by atoms with van der Waals surface area (Å²) in [5.41, 5.74) is 5.41. The molecule has 0 unspecified atom stereocenters. The van der Waals surface area contributed by atoms with Gasteiger partial charge >= 0.3 is 0 Å². The fourth-order valence-corrected chi connectivity index (χ4v) is 1.39. The number of nitrogen functional groups attached to an aromatic ring is 1. The van der Waals surface area contributed by atoms with Gasteiger partial charge in [0.1, 0.15) is 11.6 Å². The van der Waals surface area contributed by atoms with Crippen LogP contribution in [0, 0.1) is 0 Å². The average molecular weight is 266 g/mol. The smallest absolute Gasteiger partial charge is 0.239 e. The van der Waals surface area contributed by atoms with Gasteiger partial charge in [-0.3, -0.25) is 0 Å². The van der Waals surface area contributed by atoms with Crippen molar-refractivity contribution in [2.45, 2.75) is 0 Å². The minimum atomic E-state index is 0.370. The van der Waals surface area contributed by atoms with Gasteiger partial charge in [0.05, 0.1) is 4.47 Å². The number of para-hydroxylation sites is 1. The second-order valence-electron chi connectivity index (χ2n) is 2.83. The molecule has 0 aliphatic carbocycles. The second kappa shape index (κ2) is 4.27. The van der Waals surface area contributed by atoms with E-state index in [0.29, 0.717) is 17.4 Å². The van der Waals surface area contributed by atoms with Crippen LogP contribution in [-0.2, 0) is 0 Å². The zero-order valence-electron chi connectivity index (χ0n) is 7.72. The van der Waals surface area contributed by atoms with Crippen LogP contribution in [0.15, 0.2) is 40.9 Å². The Morgan fingerprint density at radius 2 is 1.87 bits per heavy atom. The molecular weight excluding hydrogens is 258 g/mol. The average Bonchev–Trinajstić information content (AvgIpc) is 2.25. The van der Waals surface area contributed by atoms with Crippen LogP contribution in [0.25, 0.3) is 0 Å². The summed E-state index contributed by atoms with van der Waals surface area (Å²) < 4.78 is 6.35. The molecule has 1 aromatic carbocycles. The lowest BCUT2D eigenvalue weighted by molar-refractivity contribution is 0.453. The van der Waals surface area contributed by atoms with Crippen molar-refractivity contribution >= 4 is 21.7 Å². The molecule has 2 N–H and O–H groups in total. The minimum Gasteiger partial charge on any atom is -0.436 e. The maximum atomic E-state index is 5.49. The van der Waals surface area contributed by atoms with E-state index in [1.807, 2.05) is 24.3 Å². The summed E-state index contributed by atoms with van der Waals surface area (Å²) in [5.74, 6) is 1.47. The van der Waals surface area contributed by atoms with Crippen molar-refractivity contribution in [1.82, 2.24) is 10.2 Å². The van der Waals surface area contributed by atoms with Crippen LogP contribution in [-0.4, -0.2) is 10.2 Å². The molecule has 0 aliphatic rings. The third kappa shape index (κ3) is 2.44. The zero-order chi connectivity index (χ0) is 10.7. The molecule has 0 fully saturated rings. The third-order valence-corrected chi connectivity index (χ3v) is 2.37. The molecule has 4 nitrogen and oxygen atoms in total. The van der Waals surface area contributed by atoms with Gasteiger partial charge in [-0.1, -0.05) is 12.1 Å². The van der Waals surface area contributed by atoms with E-state index in [1.54, 1.807) is 12.1 Å². The first-order valence-electron chi connectivity index (χ1n) is 4.27. The summed E-state index contributed by atoms with van der Waals surface area (Å²) in [6.07, 6.45) is 0. The van der Waals surface area contributed by atoms with E-state index in [1.165, 1.54) is 0 Å². The van der Waals surface area contributed by atoms with E-state index in [4.69, 9.17) is 10.5 Å². The molecule has 5 heteroatoms. The van der Waals surface area contributed by atoms with Crippen LogP contribution in [0.5, 0.6) is 11.6 Å². The standard InChI is InChI=1S/C10H8BrN3O/c11-7-3-1-2-4-8(7)15-10-6-5-9(12)13-14-10/h1-6H,(H2,12,13). The van der Waals surface area contributed by atoms with Gasteiger partial charge in [-0.05, 0) is 34.1 Å². The van der Waals surface area contributed by atoms with Crippen molar-refractivity contribution in [3.05, 3.63) is 40.9 Å². The molecule has 0 atom stereocenters. The zero-order valence-corrected chi connectivity index (χ0v) is 9.31. The number of hydrogen-bond donors (Lipinski definition) is 1. The van der Waals surface area contributed by atoms with Crippen LogP contribution in [0.2, 0.25) is 0 Å². The molecule has 2 rings (SSSR count). The highest BCUT2D eigenvalue weighted by atomic mass is 79.9. The van der Waals surface area contributed by atoms with Gasteiger partial charge < -0.3 is 10.5 Å². The Morgan fingerprint density at radius 3 is 2.53 bits per heavy atom. The fraction of sp³-hybridized carbons (Fsp3) is 0. The van der Waals surface area contributed by atoms with E-state index < -0.39 is 0 Å². The molecule has 76 valence electrons. The molecule has 1 aromatic heterocycles. The second-order valence-corrected chi connectivity index (χ2v) is 3.68. The van der Waals surface area contributed by atoms with Gasteiger partial charge in [0, 0.05) is 6.07 Å². The van der Waals surface area contributed by atoms with Gasteiger partial charge in [0.25, 0.3) is 0 Å². The van der Waals surface area contributed by atoms with Crippen LogP contribution < -0.4 is 10.5 Å². The van der Waals surface area contributed by atoms with Gasteiger partial charge in [0.2, 0.25) is 5.88 Å². The van der Waals surface area contributed by atoms with Crippen LogP contribution in [0.1, 0.15) is 0 Å². The minimum absolute atomic E-state index is 0.370. The van der Waals surface area contributed by atoms with Crippen molar-refractivity contribution in [1.29, 1.82) is 0 Å². The summed E-state index contributed by atoms with van der Waals surface area (Å²) >= 11 is 3.37. The number of anilines is 1. The first kappa shape index (κ1) is 9.92. The number of aromatic nitrogens is 2. The van der Waals surface area contributed by atoms with Crippen LogP contribution in [0.3, 0.4) is 0 Å². The van der Waals surface area contributed by atoms with Crippen molar-refractivity contribution in [3.8, 4) is 11.6 Å². The lowest BCUT2D eigenvalue weighted by Gasteiger charge is -2.05. The quantitative estimate of drug-likeness (QED) is 0.907. The van der Waals surface area contributed by atoms with E-state index in [0.717, 1.165) is 4.47 Å². The molecule has 15 heavy (non-hydrogen) atoms. The van der Waals surface area contributed by atoms with Crippen LogP contribution >= 0.6 is 15.9 Å². The number of halogens is 1. The Hall–Kier alpha value is -1.62. The summed E-state index contributed by atoms with van der Waals surface area (Å²) in [6.45, 7) is 0. The van der Waals surface area contributed by atoms with E-state index in [2.05, 4.69) is 26.1 Å². The van der Waals surface area contributed by atoms with Gasteiger partial charge in [-0.25, -0.2) is 0 Å². The number of ether oxygens (including phenoxy) is 1. The first-order valence-corrected chi connectivity index (χ1v) is 5.06. The molecule has 0 amide bonds. The summed E-state index contributed by atoms with van der Waals surface area (Å²) in [4.78, 5) is 0. The Labute approximate surface area is 95.2 Å². The topological polar surface area (TPSA) is 61.0 Å². The van der Waals surface area contributed by atoms with Gasteiger partial charge in [0.15, 0.2) is 0 Å². The number of hydrogen-bond acceptors (Lipinski definition) is 4. The maximum Gasteiger partial charge on any atom is 0.239 e. The number of benzene rings is 1. The summed E-state index contributed by atoms with van der Waals surface area (Å²) in [7, 11) is 0. The van der Waals surface area contributed by atoms with E-state index in [-0.39, 0.29) is 0 Å². The predicted molar refractivity (Wildman–Crippen MR) is 60.7 cm³/mol. The van der Waals surface area contributed by atoms with Gasteiger partial charge in [-0.15, -0.1) is 10.2 Å². The number of rotatable bonds is 2. The van der Waals surface area contributed by atoms with E-state index >= 15 is 0 Å². The largest absolute Gasteiger partial charge is 0.436 e. The maximum absolute atomic E-state index is 5.49. The lowest BCUT2D eigenvalue weighted by atomic mass is 10.3. The third-order valence-electron chi connectivity index (χ3n) is 1.71. The highest BCUT2D eigenvalue weighted by Crippen LogP contribution is 2.27. The fourth-order valence-electron chi connectivity index (χ4n) is 1.02. The molecule has 1 heterocycles. The first-order chi connectivity index (χ1) is 7.25. The Balaban J connectivity index is 2.22. The molecule has 0 aliphatic heterocycles. The lowest BCUT2D eigenvalue weighted by Crippen LogP contribution is -1.94. The van der Waals surface area contributed by atoms with Gasteiger partial charge in [-0.2, -0.15) is 0 Å². The molecule has 0 saturated carbocycles. The highest BCUT2D eigenvalue weighted by molar-refractivity contribution is 9.10. The Kier molecular flexibility index (Phi) is 2.82. The predicted octanol–water partition coefficient (Wildman–Crippen LogP) is 2.61. The monoisotopic (exact) mass is 265 g/mol. The SMILES string of the molecule is Nc1ccc(Oc2ccccc2Br)nn1. The number of nitrogens with two attached hydrogens (primary N) is 1. The normalized spacial score (nSPS) is 9.93. The highest BCUT2D eigenvalue weighted by Gasteiger charge is 2.02. The van der Waals surface area contributed by atoms with Crippen molar-refractivity contribution in [3.63, 3.8) is 0 Å². The summed E-state index contributed by atoms with van der Waals surface area (Å²) in [5, 5.41) is 7.49. The molecule has 0 bridgehead atoms. The molecular formula is C10H8BrN3O. The Bertz CT molecular complexity index is 458. The molecule has 0 radical (unpaired) electrons. The Morgan fingerprint density at radius 1 is 1.07 bits per heavy atom. The number of nitrogens with zero attached hydrogens (tertiary/aromatic N) is 2. The van der Waals surface area contributed by atoms with E-state index in [9.17, 15) is 0 Å².